The molecule has 0 fully saturated rings. The van der Waals surface area contributed by atoms with Gasteiger partial charge in [-0.25, -0.2) is 0 Å². The van der Waals surface area contributed by atoms with E-state index in [-0.39, 0.29) is 0 Å². The van der Waals surface area contributed by atoms with Crippen molar-refractivity contribution in [1.29, 1.82) is 0 Å². The standard InChI is InChI=1S/C8H10ClN/c1-10-8-4-2-7(6-9)3-5-8/h2-5,10H,6H2,1H3. The summed E-state index contributed by atoms with van der Waals surface area (Å²) in [7, 11) is 1.90. The zero-order valence-electron chi connectivity index (χ0n) is 5.89. The van der Waals surface area contributed by atoms with Crippen LogP contribution in [-0.2, 0) is 5.88 Å². The van der Waals surface area contributed by atoms with Crippen molar-refractivity contribution in [2.75, 3.05) is 12.4 Å². The Labute approximate surface area is 66.0 Å². The van der Waals surface area contributed by atoms with Crippen LogP contribution in [0.4, 0.5) is 5.69 Å². The van der Waals surface area contributed by atoms with E-state index in [1.54, 1.807) is 0 Å². The van der Waals surface area contributed by atoms with Crippen LogP contribution in [0, 0.1) is 0 Å². The van der Waals surface area contributed by atoms with Gasteiger partial charge >= 0.3 is 0 Å². The number of alkyl halides is 1. The lowest BCUT2D eigenvalue weighted by Gasteiger charge is -1.99. The molecule has 54 valence electrons. The number of anilines is 1. The molecule has 0 aliphatic rings. The third kappa shape index (κ3) is 1.64. The molecular formula is C8H10ClN. The Balaban J connectivity index is 2.80. The summed E-state index contributed by atoms with van der Waals surface area (Å²) in [6.07, 6.45) is 0. The Morgan fingerprint density at radius 3 is 2.30 bits per heavy atom. The number of hydrogen-bond acceptors (Lipinski definition) is 1. The quantitative estimate of drug-likeness (QED) is 0.647. The number of nitrogens with one attached hydrogen (secondary N) is 1. The molecule has 0 aliphatic heterocycles. The highest BCUT2D eigenvalue weighted by molar-refractivity contribution is 6.17. The Bertz CT molecular complexity index is 170. The summed E-state index contributed by atoms with van der Waals surface area (Å²) in [5.74, 6) is 0.587. The molecule has 0 amide bonds. The number of rotatable bonds is 2. The first-order chi connectivity index (χ1) is 4.86. The molecule has 0 aromatic heterocycles. The van der Waals surface area contributed by atoms with Gasteiger partial charge in [-0.1, -0.05) is 12.1 Å². The normalized spacial score (nSPS) is 9.40. The van der Waals surface area contributed by atoms with Gasteiger partial charge in [0.25, 0.3) is 0 Å². The van der Waals surface area contributed by atoms with Gasteiger partial charge in [-0.05, 0) is 17.7 Å². The van der Waals surface area contributed by atoms with Crippen molar-refractivity contribution in [1.82, 2.24) is 0 Å². The van der Waals surface area contributed by atoms with Crippen LogP contribution < -0.4 is 5.32 Å². The zero-order chi connectivity index (χ0) is 7.40. The van der Waals surface area contributed by atoms with Crippen molar-refractivity contribution in [2.45, 2.75) is 5.88 Å². The molecule has 0 unspecified atom stereocenters. The number of hydrogen-bond donors (Lipinski definition) is 1. The molecule has 1 aromatic carbocycles. The molecule has 0 saturated carbocycles. The summed E-state index contributed by atoms with van der Waals surface area (Å²) >= 11 is 5.60. The first-order valence-corrected chi connectivity index (χ1v) is 3.73. The van der Waals surface area contributed by atoms with Gasteiger partial charge in [0, 0.05) is 18.6 Å². The molecule has 0 saturated heterocycles. The van der Waals surface area contributed by atoms with Crippen LogP contribution in [0.2, 0.25) is 0 Å². The summed E-state index contributed by atoms with van der Waals surface area (Å²) < 4.78 is 0. The van der Waals surface area contributed by atoms with Crippen LogP contribution in [0.1, 0.15) is 5.56 Å². The minimum absolute atomic E-state index is 0.587. The average molecular weight is 156 g/mol. The van der Waals surface area contributed by atoms with Gasteiger partial charge in [0.15, 0.2) is 0 Å². The zero-order valence-corrected chi connectivity index (χ0v) is 6.65. The Kier molecular flexibility index (Phi) is 2.57. The van der Waals surface area contributed by atoms with Gasteiger partial charge in [-0.3, -0.25) is 0 Å². The van der Waals surface area contributed by atoms with E-state index >= 15 is 0 Å². The summed E-state index contributed by atoms with van der Waals surface area (Å²) in [6, 6.07) is 8.05. The van der Waals surface area contributed by atoms with Crippen molar-refractivity contribution in [2.24, 2.45) is 0 Å². The van der Waals surface area contributed by atoms with Crippen molar-refractivity contribution >= 4 is 17.3 Å². The molecule has 0 atom stereocenters. The largest absolute Gasteiger partial charge is 0.388 e. The van der Waals surface area contributed by atoms with Crippen LogP contribution in [0.25, 0.3) is 0 Å². The summed E-state index contributed by atoms with van der Waals surface area (Å²) in [5, 5.41) is 3.04. The molecule has 10 heavy (non-hydrogen) atoms. The van der Waals surface area contributed by atoms with Gasteiger partial charge in [0.05, 0.1) is 0 Å². The fourth-order valence-electron chi connectivity index (χ4n) is 0.760. The van der Waals surface area contributed by atoms with Gasteiger partial charge in [0.1, 0.15) is 0 Å². The summed E-state index contributed by atoms with van der Waals surface area (Å²) in [6.45, 7) is 0. The topological polar surface area (TPSA) is 12.0 Å². The second kappa shape index (κ2) is 3.47. The average Bonchev–Trinajstić information content (AvgIpc) is 2.05. The maximum Gasteiger partial charge on any atom is 0.0474 e. The number of halogens is 1. The fourth-order valence-corrected chi connectivity index (χ4v) is 0.939. The number of benzene rings is 1. The minimum Gasteiger partial charge on any atom is -0.388 e. The van der Waals surface area contributed by atoms with Crippen LogP contribution in [0.3, 0.4) is 0 Å². The molecule has 0 radical (unpaired) electrons. The summed E-state index contributed by atoms with van der Waals surface area (Å²) in [5.41, 5.74) is 2.27. The highest BCUT2D eigenvalue weighted by Gasteiger charge is 1.88. The van der Waals surface area contributed by atoms with E-state index in [1.807, 2.05) is 31.3 Å². The minimum atomic E-state index is 0.587. The second-order valence-electron chi connectivity index (χ2n) is 2.08. The Morgan fingerprint density at radius 2 is 1.90 bits per heavy atom. The molecule has 2 heteroatoms. The monoisotopic (exact) mass is 155 g/mol. The molecule has 1 nitrogen and oxygen atoms in total. The van der Waals surface area contributed by atoms with E-state index < -0.39 is 0 Å². The highest BCUT2D eigenvalue weighted by Crippen LogP contribution is 2.09. The van der Waals surface area contributed by atoms with Crippen LogP contribution in [0.15, 0.2) is 24.3 Å². The van der Waals surface area contributed by atoms with E-state index in [1.165, 1.54) is 0 Å². The first-order valence-electron chi connectivity index (χ1n) is 3.19. The molecule has 1 N–H and O–H groups in total. The van der Waals surface area contributed by atoms with Crippen molar-refractivity contribution < 1.29 is 0 Å². The third-order valence-corrected chi connectivity index (χ3v) is 1.71. The maximum absolute atomic E-state index is 5.60. The highest BCUT2D eigenvalue weighted by atomic mass is 35.5. The van der Waals surface area contributed by atoms with Crippen LogP contribution >= 0.6 is 11.6 Å². The molecule has 0 spiro atoms. The lowest BCUT2D eigenvalue weighted by atomic mass is 10.2. The fraction of sp³-hybridized carbons (Fsp3) is 0.250. The van der Waals surface area contributed by atoms with E-state index in [0.717, 1.165) is 11.3 Å². The van der Waals surface area contributed by atoms with Crippen molar-refractivity contribution in [3.8, 4) is 0 Å². The van der Waals surface area contributed by atoms with Crippen molar-refractivity contribution in [3.05, 3.63) is 29.8 Å². The van der Waals surface area contributed by atoms with E-state index in [9.17, 15) is 0 Å². The second-order valence-corrected chi connectivity index (χ2v) is 2.35. The van der Waals surface area contributed by atoms with E-state index in [2.05, 4.69) is 5.32 Å². The molecule has 1 aromatic rings. The van der Waals surface area contributed by atoms with Crippen LogP contribution in [-0.4, -0.2) is 7.05 Å². The molecule has 0 aliphatic carbocycles. The van der Waals surface area contributed by atoms with Crippen LogP contribution in [0.5, 0.6) is 0 Å². The van der Waals surface area contributed by atoms with Gasteiger partial charge in [0.2, 0.25) is 0 Å². The lowest BCUT2D eigenvalue weighted by Crippen LogP contribution is -1.86. The molecule has 0 heterocycles. The predicted octanol–water partition coefficient (Wildman–Crippen LogP) is 2.47. The maximum atomic E-state index is 5.60. The Hall–Kier alpha value is -0.690. The first kappa shape index (κ1) is 7.42. The SMILES string of the molecule is CNc1ccc(CCl)cc1. The van der Waals surface area contributed by atoms with Gasteiger partial charge < -0.3 is 5.32 Å². The van der Waals surface area contributed by atoms with Crippen molar-refractivity contribution in [3.63, 3.8) is 0 Å². The summed E-state index contributed by atoms with van der Waals surface area (Å²) in [4.78, 5) is 0. The molecule has 1 rings (SSSR count). The van der Waals surface area contributed by atoms with Gasteiger partial charge in [-0.2, -0.15) is 0 Å². The lowest BCUT2D eigenvalue weighted by molar-refractivity contribution is 1.39. The Morgan fingerprint density at radius 1 is 1.30 bits per heavy atom. The van der Waals surface area contributed by atoms with Gasteiger partial charge in [-0.15, -0.1) is 11.6 Å². The van der Waals surface area contributed by atoms with E-state index in [4.69, 9.17) is 11.6 Å². The smallest absolute Gasteiger partial charge is 0.0474 e. The predicted molar refractivity (Wildman–Crippen MR) is 45.5 cm³/mol. The molecule has 0 bridgehead atoms. The van der Waals surface area contributed by atoms with E-state index in [0.29, 0.717) is 5.88 Å². The molecular weight excluding hydrogens is 146 g/mol. The third-order valence-electron chi connectivity index (χ3n) is 1.40.